The molecule has 0 N–H and O–H groups in total. The van der Waals surface area contributed by atoms with Crippen LogP contribution in [-0.4, -0.2) is 28.2 Å². The maximum atomic E-state index is 6.17. The van der Waals surface area contributed by atoms with E-state index >= 15 is 0 Å². The van der Waals surface area contributed by atoms with Gasteiger partial charge in [-0.15, -0.1) is 71.8 Å². The molecule has 0 radical (unpaired) electrons. The zero-order valence-corrected chi connectivity index (χ0v) is 29.3. The van der Waals surface area contributed by atoms with Crippen LogP contribution in [0.2, 0.25) is 0 Å². The molecule has 0 unspecified atom stereocenters. The van der Waals surface area contributed by atoms with Gasteiger partial charge in [-0.25, -0.2) is 0 Å². The summed E-state index contributed by atoms with van der Waals surface area (Å²) >= 11 is 0. The molecule has 0 amide bonds. The van der Waals surface area contributed by atoms with Crippen molar-refractivity contribution in [3.05, 3.63) is 146 Å². The van der Waals surface area contributed by atoms with Crippen LogP contribution in [-0.2, 0) is 20.1 Å². The number of pyridine rings is 3. The Morgan fingerprint density at radius 2 is 1.27 bits per heavy atom. The third kappa shape index (κ3) is 9.41. The fourth-order valence-electron chi connectivity index (χ4n) is 5.44. The number of hydrogen-bond acceptors (Lipinski definition) is 5. The van der Waals surface area contributed by atoms with Gasteiger partial charge >= 0.3 is 20.1 Å². The molecule has 6 aromatic rings. The fraction of sp³-hybridized carbons (Fsp3) is 0.190. The van der Waals surface area contributed by atoms with Crippen LogP contribution in [0, 0.1) is 19.1 Å². The third-order valence-electron chi connectivity index (χ3n) is 7.93. The summed E-state index contributed by atoms with van der Waals surface area (Å²) in [5.41, 5.74) is 8.28. The van der Waals surface area contributed by atoms with Gasteiger partial charge in [0.2, 0.25) is 0 Å². The maximum absolute atomic E-state index is 6.17. The Kier molecular flexibility index (Phi) is 12.9. The molecule has 3 heterocycles. The minimum absolute atomic E-state index is 0. The Morgan fingerprint density at radius 3 is 2.06 bits per heavy atom. The van der Waals surface area contributed by atoms with Crippen LogP contribution in [0.15, 0.2) is 122 Å². The smallest absolute Gasteiger partial charge is 0.537 e. The van der Waals surface area contributed by atoms with Crippen LogP contribution in [0.25, 0.3) is 45.0 Å². The molecule has 48 heavy (non-hydrogen) atoms. The second kappa shape index (κ2) is 18.0. The van der Waals surface area contributed by atoms with E-state index in [4.69, 9.17) is 14.5 Å². The molecule has 5 nitrogen and oxygen atoms in total. The molecule has 0 atom stereocenters. The third-order valence-corrected chi connectivity index (χ3v) is 7.93. The zero-order valence-electron chi connectivity index (χ0n) is 26.9. The van der Waals surface area contributed by atoms with E-state index in [-0.39, 0.29) is 20.1 Å². The molecule has 242 valence electrons. The van der Waals surface area contributed by atoms with Gasteiger partial charge in [0, 0.05) is 35.2 Å². The van der Waals surface area contributed by atoms with Crippen LogP contribution in [0.5, 0.6) is 11.5 Å². The topological polar surface area (TPSA) is 57.1 Å². The second-order valence-corrected chi connectivity index (χ2v) is 11.4. The average Bonchev–Trinajstić information content (AvgIpc) is 3.13. The molecule has 6 rings (SSSR count). The molecule has 0 bridgehead atoms. The minimum atomic E-state index is 0. The van der Waals surface area contributed by atoms with E-state index in [9.17, 15) is 0 Å². The van der Waals surface area contributed by atoms with Crippen molar-refractivity contribution in [1.29, 1.82) is 0 Å². The first-order chi connectivity index (χ1) is 23.2. The van der Waals surface area contributed by atoms with Gasteiger partial charge in [-0.2, -0.15) is 18.6 Å². The van der Waals surface area contributed by atoms with Crippen molar-refractivity contribution in [2.45, 2.75) is 38.5 Å². The molecule has 0 aliphatic heterocycles. The maximum Gasteiger partial charge on any atom is 3.00 e. The van der Waals surface area contributed by atoms with Crippen LogP contribution in [0.1, 0.15) is 44.1 Å². The predicted molar refractivity (Wildman–Crippen MR) is 189 cm³/mol. The molecule has 0 fully saturated rings. The first kappa shape index (κ1) is 34.6. The Hall–Kier alpha value is -4.77. The number of ether oxygens (including phenoxy) is 2. The van der Waals surface area contributed by atoms with E-state index < -0.39 is 0 Å². The van der Waals surface area contributed by atoms with Gasteiger partial charge in [0.1, 0.15) is 5.75 Å². The van der Waals surface area contributed by atoms with E-state index in [1.165, 1.54) is 12.8 Å². The van der Waals surface area contributed by atoms with Gasteiger partial charge in [0.05, 0.1) is 13.2 Å². The molecule has 0 aliphatic carbocycles. The number of hydrogen-bond donors (Lipinski definition) is 0. The van der Waals surface area contributed by atoms with Gasteiger partial charge in [-0.3, -0.25) is 9.97 Å². The van der Waals surface area contributed by atoms with Crippen molar-refractivity contribution >= 4 is 0 Å². The van der Waals surface area contributed by atoms with Gasteiger partial charge in [0.25, 0.3) is 0 Å². The van der Waals surface area contributed by atoms with Crippen LogP contribution >= 0.6 is 0 Å². The first-order valence-electron chi connectivity index (χ1n) is 16.3. The van der Waals surface area contributed by atoms with Crippen molar-refractivity contribution in [2.24, 2.45) is 0 Å². The molecular weight excluding hydrogens is 771 g/mol. The minimum Gasteiger partial charge on any atom is -0.537 e. The largest absolute Gasteiger partial charge is 3.00 e. The summed E-state index contributed by atoms with van der Waals surface area (Å²) in [6.45, 7) is 5.50. The zero-order chi connectivity index (χ0) is 32.1. The van der Waals surface area contributed by atoms with E-state index in [1.54, 1.807) is 12.4 Å². The van der Waals surface area contributed by atoms with Gasteiger partial charge in [-0.05, 0) is 36.7 Å². The summed E-state index contributed by atoms with van der Waals surface area (Å²) in [7, 11) is 0. The quantitative estimate of drug-likeness (QED) is 0.0764. The Balaban J connectivity index is 0.00000451. The number of rotatable bonds is 15. The summed E-state index contributed by atoms with van der Waals surface area (Å²) in [4.78, 5) is 13.9. The molecule has 0 spiro atoms. The van der Waals surface area contributed by atoms with Gasteiger partial charge in [-0.1, -0.05) is 73.2 Å². The van der Waals surface area contributed by atoms with Crippen LogP contribution in [0.4, 0.5) is 0 Å². The average molecular weight is 809 g/mol. The number of unbranched alkanes of at least 4 members (excludes halogenated alkanes) is 5. The van der Waals surface area contributed by atoms with Crippen LogP contribution < -0.4 is 9.47 Å². The normalized spacial score (nSPS) is 10.7. The van der Waals surface area contributed by atoms with E-state index in [1.807, 2.05) is 109 Å². The predicted octanol–water partition coefficient (Wildman–Crippen LogP) is 10.1. The standard InChI is InChI=1S/C42H38N3O2.Ir/c1-32-15-6-7-18-37(32)40-21-13-20-39(45-40)33-23-25-36(26-24-33)46-29-10-4-2-3-5-11-30-47-41-22-14-28-44-42(41)35-17-12-16-34(31-35)38-19-8-9-27-43-38;/h6-9,12-23,25-28H,1-5,10-11,29-30H2;/q-3;+3. The first-order valence-corrected chi connectivity index (χ1v) is 16.3. The van der Waals surface area contributed by atoms with Crippen molar-refractivity contribution in [1.82, 2.24) is 15.0 Å². The Labute approximate surface area is 297 Å². The summed E-state index contributed by atoms with van der Waals surface area (Å²) in [5.74, 6) is 1.62. The molecule has 3 aromatic carbocycles. The van der Waals surface area contributed by atoms with Crippen molar-refractivity contribution in [2.75, 3.05) is 13.2 Å². The number of aromatic nitrogens is 3. The van der Waals surface area contributed by atoms with Gasteiger partial charge in [0.15, 0.2) is 0 Å². The SMILES string of the molecule is [CH2-]c1ccccc1-c1cccc(-c2[c-]cc(OCCCCCCCCOc3cccnc3-c3[c-]c(-c4ccccn4)ccc3)cc2)n1.[Ir+3]. The summed E-state index contributed by atoms with van der Waals surface area (Å²) < 4.78 is 12.2. The molecule has 0 aliphatic rings. The number of nitrogens with zero attached hydrogens (tertiary/aromatic N) is 3. The van der Waals surface area contributed by atoms with E-state index in [0.29, 0.717) is 13.2 Å². The molecular formula is C42H38IrN3O2. The number of benzene rings is 3. The van der Waals surface area contributed by atoms with Crippen molar-refractivity contribution in [3.63, 3.8) is 0 Å². The monoisotopic (exact) mass is 809 g/mol. The van der Waals surface area contributed by atoms with E-state index in [2.05, 4.69) is 29.0 Å². The van der Waals surface area contributed by atoms with Crippen molar-refractivity contribution in [3.8, 4) is 56.5 Å². The molecule has 0 saturated carbocycles. The Morgan fingerprint density at radius 1 is 0.562 bits per heavy atom. The second-order valence-electron chi connectivity index (χ2n) is 11.4. The Bertz CT molecular complexity index is 1860. The van der Waals surface area contributed by atoms with Gasteiger partial charge < -0.3 is 14.5 Å². The molecule has 0 saturated heterocycles. The summed E-state index contributed by atoms with van der Waals surface area (Å²) in [5, 5.41) is 0. The van der Waals surface area contributed by atoms with Crippen LogP contribution in [0.3, 0.4) is 0 Å². The van der Waals surface area contributed by atoms with E-state index in [0.717, 1.165) is 87.8 Å². The van der Waals surface area contributed by atoms with Crippen molar-refractivity contribution < 1.29 is 29.6 Å². The summed E-state index contributed by atoms with van der Waals surface area (Å²) in [6, 6.07) is 42.6. The molecule has 6 heteroatoms. The summed E-state index contributed by atoms with van der Waals surface area (Å²) in [6.07, 6.45) is 10.2. The molecule has 3 aromatic heterocycles. The fourth-order valence-corrected chi connectivity index (χ4v) is 5.44.